The molecular formula is C8H14O9. The van der Waals surface area contributed by atoms with Crippen molar-refractivity contribution in [3.63, 3.8) is 0 Å². The van der Waals surface area contributed by atoms with Gasteiger partial charge in [-0.25, -0.2) is 4.79 Å². The quantitative estimate of drug-likeness (QED) is 0.287. The second-order valence-electron chi connectivity index (χ2n) is 2.65. The first-order valence-electron chi connectivity index (χ1n) is 4.38. The van der Waals surface area contributed by atoms with Crippen LogP contribution in [0.5, 0.6) is 0 Å². The van der Waals surface area contributed by atoms with Crippen molar-refractivity contribution < 1.29 is 44.7 Å². The van der Waals surface area contributed by atoms with Gasteiger partial charge in [0.15, 0.2) is 0 Å². The summed E-state index contributed by atoms with van der Waals surface area (Å²) in [6.07, 6.45) is -3.53. The van der Waals surface area contributed by atoms with Crippen LogP contribution in [0.15, 0.2) is 0 Å². The number of carbonyl (C=O) groups is 3. The summed E-state index contributed by atoms with van der Waals surface area (Å²) < 4.78 is 3.62. The third-order valence-electron chi connectivity index (χ3n) is 1.17. The molecule has 0 aliphatic rings. The van der Waals surface area contributed by atoms with Crippen molar-refractivity contribution in [2.24, 2.45) is 0 Å². The van der Waals surface area contributed by atoms with Crippen molar-refractivity contribution in [1.29, 1.82) is 0 Å². The van der Waals surface area contributed by atoms with Crippen LogP contribution in [-0.2, 0) is 14.3 Å². The molecule has 9 nitrogen and oxygen atoms in total. The summed E-state index contributed by atoms with van der Waals surface area (Å²) in [6, 6.07) is 0. The number of aliphatic hydroxyl groups excluding tert-OH is 3. The zero-order chi connectivity index (χ0) is 13.8. The van der Waals surface area contributed by atoms with Crippen molar-refractivity contribution in [2.45, 2.75) is 18.9 Å². The lowest BCUT2D eigenvalue weighted by molar-refractivity contribution is -0.144. The first-order valence-corrected chi connectivity index (χ1v) is 4.38. The van der Waals surface area contributed by atoms with Gasteiger partial charge >= 0.3 is 18.1 Å². The lowest BCUT2D eigenvalue weighted by Gasteiger charge is -1.96. The zero-order valence-corrected chi connectivity index (χ0v) is 8.77. The van der Waals surface area contributed by atoms with Gasteiger partial charge in [-0.2, -0.15) is 0 Å². The number of aliphatic hydroxyl groups is 3. The predicted molar refractivity (Wildman–Crippen MR) is 51.2 cm³/mol. The zero-order valence-electron chi connectivity index (χ0n) is 8.77. The molecule has 0 saturated carbocycles. The number of carboxylic acid groups (broad SMARTS) is 2. The Kier molecular flexibility index (Phi) is 11.2. The van der Waals surface area contributed by atoms with E-state index < -0.39 is 37.0 Å². The van der Waals surface area contributed by atoms with E-state index in [2.05, 4.69) is 4.74 Å². The second-order valence-corrected chi connectivity index (χ2v) is 2.65. The lowest BCUT2D eigenvalue weighted by Crippen LogP contribution is -2.15. The van der Waals surface area contributed by atoms with Crippen molar-refractivity contribution >= 4 is 18.1 Å². The fourth-order valence-corrected chi connectivity index (χ4v) is 0.415. The highest BCUT2D eigenvalue weighted by Crippen LogP contribution is 1.92. The van der Waals surface area contributed by atoms with Crippen LogP contribution in [0.2, 0.25) is 0 Å². The Hall–Kier alpha value is -1.71. The second kappa shape index (κ2) is 10.8. The number of hydrogen-bond acceptors (Lipinski definition) is 7. The van der Waals surface area contributed by atoms with Gasteiger partial charge in [-0.05, 0) is 0 Å². The molecule has 0 aromatic carbocycles. The molecule has 0 spiro atoms. The van der Waals surface area contributed by atoms with Gasteiger partial charge in [-0.1, -0.05) is 0 Å². The van der Waals surface area contributed by atoms with Crippen molar-refractivity contribution in [1.82, 2.24) is 0 Å². The molecule has 0 atom stereocenters. The molecule has 0 aliphatic heterocycles. The molecule has 0 radical (unpaired) electrons. The number of aliphatic carboxylic acids is 1. The minimum atomic E-state index is -1.72. The van der Waals surface area contributed by atoms with Gasteiger partial charge in [0.25, 0.3) is 0 Å². The average Bonchev–Trinajstić information content (AvgIpc) is 2.25. The van der Waals surface area contributed by atoms with E-state index in [4.69, 9.17) is 25.5 Å². The molecule has 100 valence electrons. The minimum Gasteiger partial charge on any atom is -0.481 e. The van der Waals surface area contributed by atoms with Gasteiger partial charge in [0.2, 0.25) is 0 Å². The number of esters is 1. The normalized spacial score (nSPS) is 9.18. The molecule has 0 saturated heterocycles. The van der Waals surface area contributed by atoms with E-state index in [9.17, 15) is 14.4 Å². The highest BCUT2D eigenvalue weighted by atomic mass is 16.7. The first-order chi connectivity index (χ1) is 7.83. The summed E-state index contributed by atoms with van der Waals surface area (Å²) >= 11 is 0. The molecule has 0 aromatic rings. The number of rotatable bonds is 5. The van der Waals surface area contributed by atoms with Crippen LogP contribution in [-0.4, -0.2) is 62.9 Å². The Morgan fingerprint density at radius 1 is 1.00 bits per heavy atom. The van der Waals surface area contributed by atoms with Gasteiger partial charge < -0.3 is 30.3 Å². The third kappa shape index (κ3) is 16.9. The summed E-state index contributed by atoms with van der Waals surface area (Å²) in [5.74, 6) is -2.23. The standard InChI is InChI=1S/C5H6O6.C3H8O3/c6-3(7)1-2-4(8)11-5(9)10;4-1-3(6)2-5/h1-2H2,(H,6,7)(H,9,10);3-6H,1-2H2. The summed E-state index contributed by atoms with van der Waals surface area (Å²) in [7, 11) is 0. The van der Waals surface area contributed by atoms with Gasteiger partial charge in [0.1, 0.15) is 6.10 Å². The minimum absolute atomic E-state index is 0.365. The summed E-state index contributed by atoms with van der Waals surface area (Å²) in [5, 5.41) is 39.9. The molecule has 0 heterocycles. The number of ether oxygens (including phenoxy) is 1. The van der Waals surface area contributed by atoms with E-state index in [1.807, 2.05) is 0 Å². The Morgan fingerprint density at radius 2 is 1.47 bits per heavy atom. The smallest absolute Gasteiger partial charge is 0.481 e. The topological polar surface area (TPSA) is 162 Å². The maximum absolute atomic E-state index is 10.3. The van der Waals surface area contributed by atoms with Crippen LogP contribution in [0.25, 0.3) is 0 Å². The Morgan fingerprint density at radius 3 is 1.71 bits per heavy atom. The first kappa shape index (κ1) is 17.7. The van der Waals surface area contributed by atoms with Crippen molar-refractivity contribution in [3.05, 3.63) is 0 Å². The molecule has 9 heteroatoms. The Bertz CT molecular complexity index is 245. The third-order valence-corrected chi connectivity index (χ3v) is 1.17. The van der Waals surface area contributed by atoms with E-state index >= 15 is 0 Å². The van der Waals surface area contributed by atoms with Crippen LogP contribution in [0.1, 0.15) is 12.8 Å². The van der Waals surface area contributed by atoms with Crippen LogP contribution in [0, 0.1) is 0 Å². The lowest BCUT2D eigenvalue weighted by atomic mass is 10.3. The van der Waals surface area contributed by atoms with Crippen LogP contribution >= 0.6 is 0 Å². The maximum atomic E-state index is 10.3. The molecule has 0 aromatic heterocycles. The number of hydrogen-bond donors (Lipinski definition) is 5. The van der Waals surface area contributed by atoms with E-state index in [-0.39, 0.29) is 13.2 Å². The van der Waals surface area contributed by atoms with Crippen molar-refractivity contribution in [2.75, 3.05) is 13.2 Å². The summed E-state index contributed by atoms with van der Waals surface area (Å²) in [5.41, 5.74) is 0. The molecule has 0 rings (SSSR count). The molecule has 0 bridgehead atoms. The Labute approximate surface area is 95.9 Å². The van der Waals surface area contributed by atoms with Gasteiger partial charge in [0, 0.05) is 0 Å². The summed E-state index contributed by atoms with van der Waals surface area (Å²) in [4.78, 5) is 29.8. The largest absolute Gasteiger partial charge is 0.513 e. The highest BCUT2D eigenvalue weighted by Gasteiger charge is 2.09. The van der Waals surface area contributed by atoms with E-state index in [1.165, 1.54) is 0 Å². The fraction of sp³-hybridized carbons (Fsp3) is 0.625. The van der Waals surface area contributed by atoms with Gasteiger partial charge in [-0.15, -0.1) is 0 Å². The van der Waals surface area contributed by atoms with Gasteiger partial charge in [0.05, 0.1) is 26.1 Å². The van der Waals surface area contributed by atoms with E-state index in [0.717, 1.165) is 0 Å². The maximum Gasteiger partial charge on any atom is 0.513 e. The molecule has 17 heavy (non-hydrogen) atoms. The fourth-order valence-electron chi connectivity index (χ4n) is 0.415. The molecule has 0 aliphatic carbocycles. The molecular weight excluding hydrogens is 240 g/mol. The highest BCUT2D eigenvalue weighted by molar-refractivity contribution is 5.83. The van der Waals surface area contributed by atoms with E-state index in [1.54, 1.807) is 0 Å². The predicted octanol–water partition coefficient (Wildman–Crippen LogP) is -1.60. The number of carbonyl (C=O) groups excluding carboxylic acids is 1. The van der Waals surface area contributed by atoms with Crippen LogP contribution in [0.4, 0.5) is 4.79 Å². The van der Waals surface area contributed by atoms with E-state index in [0.29, 0.717) is 0 Å². The van der Waals surface area contributed by atoms with Crippen molar-refractivity contribution in [3.8, 4) is 0 Å². The molecule has 0 amide bonds. The number of carboxylic acids is 1. The molecule has 0 unspecified atom stereocenters. The molecule has 0 fully saturated rings. The van der Waals surface area contributed by atoms with Crippen LogP contribution < -0.4 is 0 Å². The van der Waals surface area contributed by atoms with Crippen LogP contribution in [0.3, 0.4) is 0 Å². The van der Waals surface area contributed by atoms with Gasteiger partial charge in [-0.3, -0.25) is 9.59 Å². The summed E-state index contributed by atoms with van der Waals surface area (Å²) in [6.45, 7) is -0.729. The molecule has 5 N–H and O–H groups in total. The monoisotopic (exact) mass is 254 g/mol. The average molecular weight is 254 g/mol. The Balaban J connectivity index is 0. The SMILES string of the molecule is O=C(O)CCC(=O)OC(=O)O.OCC(O)CO.